The Morgan fingerprint density at radius 2 is 2.26 bits per heavy atom. The molecule has 0 bridgehead atoms. The van der Waals surface area contributed by atoms with Gasteiger partial charge in [0.2, 0.25) is 0 Å². The number of hydrogen-bond donors (Lipinski definition) is 2. The average Bonchev–Trinajstić information content (AvgIpc) is 2.97. The van der Waals surface area contributed by atoms with Crippen LogP contribution < -0.4 is 16.0 Å². The zero-order valence-corrected chi connectivity index (χ0v) is 17.1. The number of guanidine groups is 1. The number of benzene rings is 1. The monoisotopic (exact) mass is 450 g/mol. The van der Waals surface area contributed by atoms with Crippen molar-refractivity contribution in [3.05, 3.63) is 28.8 Å². The Bertz CT molecular complexity index is 521. The predicted octanol–water partition coefficient (Wildman–Crippen LogP) is 3.80. The summed E-state index contributed by atoms with van der Waals surface area (Å²) < 4.78 is 0. The lowest BCUT2D eigenvalue weighted by molar-refractivity contribution is 0.601. The van der Waals surface area contributed by atoms with Gasteiger partial charge in [0.05, 0.1) is 0 Å². The van der Waals surface area contributed by atoms with E-state index in [4.69, 9.17) is 17.3 Å². The molecule has 6 heteroatoms. The summed E-state index contributed by atoms with van der Waals surface area (Å²) in [5.74, 6) is 1.13. The molecular formula is C17H28ClIN4. The van der Waals surface area contributed by atoms with Gasteiger partial charge in [-0.25, -0.2) is 0 Å². The number of nitrogens with zero attached hydrogens (tertiary/aromatic N) is 2. The smallest absolute Gasteiger partial charge is 0.188 e. The molecule has 130 valence electrons. The fourth-order valence-corrected chi connectivity index (χ4v) is 2.97. The molecule has 23 heavy (non-hydrogen) atoms. The van der Waals surface area contributed by atoms with Gasteiger partial charge in [0, 0.05) is 36.9 Å². The van der Waals surface area contributed by atoms with Gasteiger partial charge in [0.25, 0.3) is 0 Å². The Labute approximate surface area is 161 Å². The molecule has 1 saturated heterocycles. The third-order valence-corrected chi connectivity index (χ3v) is 4.39. The van der Waals surface area contributed by atoms with E-state index < -0.39 is 0 Å². The molecule has 1 atom stereocenters. The zero-order valence-electron chi connectivity index (χ0n) is 14.0. The number of rotatable bonds is 6. The third-order valence-electron chi connectivity index (χ3n) is 4.15. The number of unbranched alkanes of at least 4 members (excludes halogenated alkanes) is 1. The van der Waals surface area contributed by atoms with Gasteiger partial charge >= 0.3 is 0 Å². The summed E-state index contributed by atoms with van der Waals surface area (Å²) in [6, 6.07) is 6.09. The van der Waals surface area contributed by atoms with Gasteiger partial charge in [-0.3, -0.25) is 4.99 Å². The largest absolute Gasteiger partial charge is 0.371 e. The molecule has 1 aliphatic rings. The lowest BCUT2D eigenvalue weighted by atomic mass is 10.1. The summed E-state index contributed by atoms with van der Waals surface area (Å²) in [6.45, 7) is 8.08. The minimum absolute atomic E-state index is 0. The van der Waals surface area contributed by atoms with E-state index in [1.807, 2.05) is 6.07 Å². The third kappa shape index (κ3) is 6.37. The van der Waals surface area contributed by atoms with E-state index in [9.17, 15) is 0 Å². The molecule has 1 heterocycles. The van der Waals surface area contributed by atoms with Crippen LogP contribution in [0.25, 0.3) is 0 Å². The molecule has 1 unspecified atom stereocenters. The Kier molecular flexibility index (Phi) is 9.06. The molecule has 2 rings (SSSR count). The number of halogens is 2. The minimum atomic E-state index is 0. The van der Waals surface area contributed by atoms with Crippen LogP contribution in [0.15, 0.2) is 23.2 Å². The van der Waals surface area contributed by atoms with E-state index in [0.717, 1.165) is 50.5 Å². The topological polar surface area (TPSA) is 53.6 Å². The summed E-state index contributed by atoms with van der Waals surface area (Å²) in [6.07, 6.45) is 3.44. The summed E-state index contributed by atoms with van der Waals surface area (Å²) in [7, 11) is 0. The van der Waals surface area contributed by atoms with Crippen molar-refractivity contribution < 1.29 is 0 Å². The lowest BCUT2D eigenvalue weighted by Crippen LogP contribution is -2.33. The molecule has 0 radical (unpaired) electrons. The summed E-state index contributed by atoms with van der Waals surface area (Å²) in [4.78, 5) is 6.88. The second-order valence-electron chi connectivity index (χ2n) is 6.04. The van der Waals surface area contributed by atoms with Crippen LogP contribution in [0, 0.1) is 12.8 Å². The minimum Gasteiger partial charge on any atom is -0.371 e. The number of aliphatic imine (C=N–C) groups is 1. The van der Waals surface area contributed by atoms with Gasteiger partial charge in [-0.05, 0) is 43.4 Å². The quantitative estimate of drug-likeness (QED) is 0.300. The van der Waals surface area contributed by atoms with Crippen molar-refractivity contribution in [1.29, 1.82) is 0 Å². The second-order valence-corrected chi connectivity index (χ2v) is 6.47. The van der Waals surface area contributed by atoms with Crippen LogP contribution in [0.4, 0.5) is 5.69 Å². The maximum atomic E-state index is 6.12. The zero-order chi connectivity index (χ0) is 15.9. The van der Waals surface area contributed by atoms with Gasteiger partial charge in [-0.2, -0.15) is 0 Å². The van der Waals surface area contributed by atoms with Crippen molar-refractivity contribution in [2.75, 3.05) is 31.1 Å². The van der Waals surface area contributed by atoms with E-state index >= 15 is 0 Å². The van der Waals surface area contributed by atoms with Crippen molar-refractivity contribution in [3.63, 3.8) is 0 Å². The molecule has 0 amide bonds. The van der Waals surface area contributed by atoms with Crippen molar-refractivity contribution in [1.82, 2.24) is 5.32 Å². The van der Waals surface area contributed by atoms with Crippen LogP contribution in [-0.4, -0.2) is 32.1 Å². The maximum Gasteiger partial charge on any atom is 0.188 e. The Morgan fingerprint density at radius 1 is 1.48 bits per heavy atom. The van der Waals surface area contributed by atoms with Crippen LogP contribution in [0.3, 0.4) is 0 Å². The fourth-order valence-electron chi connectivity index (χ4n) is 2.80. The van der Waals surface area contributed by atoms with Gasteiger partial charge in [0.1, 0.15) is 0 Å². The van der Waals surface area contributed by atoms with E-state index in [2.05, 4.69) is 41.2 Å². The fraction of sp³-hybridized carbons (Fsp3) is 0.588. The molecule has 0 saturated carbocycles. The first-order valence-corrected chi connectivity index (χ1v) is 8.52. The van der Waals surface area contributed by atoms with Gasteiger partial charge in [-0.15, -0.1) is 24.0 Å². The van der Waals surface area contributed by atoms with Crippen molar-refractivity contribution >= 4 is 47.2 Å². The van der Waals surface area contributed by atoms with Crippen LogP contribution in [-0.2, 0) is 0 Å². The molecule has 0 aromatic heterocycles. The van der Waals surface area contributed by atoms with E-state index in [1.54, 1.807) is 0 Å². The van der Waals surface area contributed by atoms with Crippen molar-refractivity contribution in [2.24, 2.45) is 16.6 Å². The Hall–Kier alpha value is -0.690. The van der Waals surface area contributed by atoms with Gasteiger partial charge in [0.15, 0.2) is 5.96 Å². The predicted molar refractivity (Wildman–Crippen MR) is 111 cm³/mol. The molecule has 1 aromatic rings. The first-order valence-electron chi connectivity index (χ1n) is 8.15. The molecule has 1 aromatic carbocycles. The summed E-state index contributed by atoms with van der Waals surface area (Å²) >= 11 is 6.12. The van der Waals surface area contributed by atoms with E-state index in [0.29, 0.717) is 11.9 Å². The number of nitrogens with two attached hydrogens (primary N) is 1. The second kappa shape index (κ2) is 10.2. The molecule has 1 aliphatic heterocycles. The highest BCUT2D eigenvalue weighted by atomic mass is 127. The first-order chi connectivity index (χ1) is 10.6. The van der Waals surface area contributed by atoms with Crippen molar-refractivity contribution in [3.8, 4) is 0 Å². The Balaban J connectivity index is 0.00000264. The number of hydrogen-bond acceptors (Lipinski definition) is 2. The first kappa shape index (κ1) is 20.4. The molecule has 3 N–H and O–H groups in total. The van der Waals surface area contributed by atoms with Crippen LogP contribution in [0.1, 0.15) is 31.7 Å². The van der Waals surface area contributed by atoms with E-state index in [-0.39, 0.29) is 24.0 Å². The van der Waals surface area contributed by atoms with Gasteiger partial charge < -0.3 is 16.0 Å². The number of anilines is 1. The summed E-state index contributed by atoms with van der Waals surface area (Å²) in [5, 5.41) is 3.96. The molecule has 0 aliphatic carbocycles. The standard InChI is InChI=1S/C17H27ClN4.HI/c1-3-4-8-20-17(19)21-11-14-7-9-22(12-14)16-10-15(18)6-5-13(16)2;/h5-6,10,14H,3-4,7-9,11-12H2,1-2H3,(H3,19,20,21);1H. The number of aryl methyl sites for hydroxylation is 1. The van der Waals surface area contributed by atoms with E-state index in [1.165, 1.54) is 11.3 Å². The molecule has 1 fully saturated rings. The lowest BCUT2D eigenvalue weighted by Gasteiger charge is -2.21. The molecule has 0 spiro atoms. The average molecular weight is 451 g/mol. The molecular weight excluding hydrogens is 423 g/mol. The SMILES string of the molecule is CCCCNC(N)=NCC1CCN(c2cc(Cl)ccc2C)C1.I. The highest BCUT2D eigenvalue weighted by Gasteiger charge is 2.23. The highest BCUT2D eigenvalue weighted by Crippen LogP contribution is 2.29. The molecule has 4 nitrogen and oxygen atoms in total. The van der Waals surface area contributed by atoms with Crippen LogP contribution in [0.5, 0.6) is 0 Å². The van der Waals surface area contributed by atoms with Crippen LogP contribution >= 0.6 is 35.6 Å². The highest BCUT2D eigenvalue weighted by molar-refractivity contribution is 14.0. The Morgan fingerprint density at radius 3 is 3.00 bits per heavy atom. The maximum absolute atomic E-state index is 6.12. The normalized spacial score (nSPS) is 18.0. The van der Waals surface area contributed by atoms with Crippen LogP contribution in [0.2, 0.25) is 5.02 Å². The summed E-state index contributed by atoms with van der Waals surface area (Å²) in [5.41, 5.74) is 8.41. The van der Waals surface area contributed by atoms with Gasteiger partial charge in [-0.1, -0.05) is 31.0 Å². The van der Waals surface area contributed by atoms with Crippen molar-refractivity contribution in [2.45, 2.75) is 33.1 Å². The number of nitrogens with one attached hydrogen (secondary N) is 1.